The molecule has 0 aromatic rings. The number of allylic oxidation sites excluding steroid dienone is 14. The van der Waals surface area contributed by atoms with Crippen LogP contribution < -0.4 is 0 Å². The van der Waals surface area contributed by atoms with Gasteiger partial charge in [0.2, 0.25) is 0 Å². The average Bonchev–Trinajstić information content (AvgIpc) is 3.42. The molecule has 0 N–H and O–H groups in total. The van der Waals surface area contributed by atoms with Crippen LogP contribution in [0.15, 0.2) is 85.1 Å². The van der Waals surface area contributed by atoms with Crippen molar-refractivity contribution in [2.45, 2.75) is 329 Å². The van der Waals surface area contributed by atoms with Gasteiger partial charge < -0.3 is 14.2 Å². The zero-order valence-corrected chi connectivity index (χ0v) is 50.3. The van der Waals surface area contributed by atoms with Crippen LogP contribution in [0.25, 0.3) is 0 Å². The van der Waals surface area contributed by atoms with Crippen LogP contribution in [0.3, 0.4) is 0 Å². The summed E-state index contributed by atoms with van der Waals surface area (Å²) in [6.45, 7) is 6.40. The predicted molar refractivity (Wildman–Crippen MR) is 330 cm³/mol. The molecule has 0 spiro atoms. The van der Waals surface area contributed by atoms with E-state index >= 15 is 0 Å². The molecule has 0 aromatic heterocycles. The maximum absolute atomic E-state index is 12.8. The Morgan fingerprint density at radius 3 is 0.921 bits per heavy atom. The topological polar surface area (TPSA) is 78.9 Å². The molecule has 438 valence electrons. The molecule has 0 bridgehead atoms. The smallest absolute Gasteiger partial charge is 0.306 e. The third-order valence-electron chi connectivity index (χ3n) is 14.1. The van der Waals surface area contributed by atoms with E-state index in [0.29, 0.717) is 19.3 Å². The Balaban J connectivity index is 4.02. The zero-order chi connectivity index (χ0) is 55.0. The van der Waals surface area contributed by atoms with Crippen molar-refractivity contribution in [2.75, 3.05) is 13.2 Å². The van der Waals surface area contributed by atoms with E-state index in [1.165, 1.54) is 186 Å². The summed E-state index contributed by atoms with van der Waals surface area (Å²) in [6, 6.07) is 0. The highest BCUT2D eigenvalue weighted by atomic mass is 16.6. The van der Waals surface area contributed by atoms with E-state index in [0.717, 1.165) is 89.9 Å². The maximum Gasteiger partial charge on any atom is 0.306 e. The van der Waals surface area contributed by atoms with Gasteiger partial charge in [-0.1, -0.05) is 292 Å². The van der Waals surface area contributed by atoms with Crippen molar-refractivity contribution >= 4 is 17.9 Å². The van der Waals surface area contributed by atoms with Gasteiger partial charge in [0, 0.05) is 19.3 Å². The lowest BCUT2D eigenvalue weighted by molar-refractivity contribution is -0.166. The quantitative estimate of drug-likeness (QED) is 0.0261. The van der Waals surface area contributed by atoms with Crippen LogP contribution in [0.1, 0.15) is 323 Å². The van der Waals surface area contributed by atoms with Crippen molar-refractivity contribution in [1.29, 1.82) is 0 Å². The van der Waals surface area contributed by atoms with Crippen molar-refractivity contribution in [3.8, 4) is 0 Å². The van der Waals surface area contributed by atoms with Crippen LogP contribution in [-0.4, -0.2) is 37.2 Å². The molecule has 0 aliphatic carbocycles. The van der Waals surface area contributed by atoms with E-state index in [2.05, 4.69) is 93.7 Å². The van der Waals surface area contributed by atoms with E-state index < -0.39 is 6.10 Å². The van der Waals surface area contributed by atoms with Crippen molar-refractivity contribution in [3.05, 3.63) is 85.1 Å². The first-order valence-electron chi connectivity index (χ1n) is 32.6. The van der Waals surface area contributed by atoms with Crippen molar-refractivity contribution in [3.63, 3.8) is 0 Å². The molecule has 6 heteroatoms. The number of carbonyl (C=O) groups excluding carboxylic acids is 3. The summed E-state index contributed by atoms with van der Waals surface area (Å²) >= 11 is 0. The molecule has 0 saturated carbocycles. The summed E-state index contributed by atoms with van der Waals surface area (Å²) in [5.74, 6) is -0.991. The number of unbranched alkanes of at least 4 members (excludes halogenated alkanes) is 34. The maximum atomic E-state index is 12.8. The van der Waals surface area contributed by atoms with Gasteiger partial charge in [0.05, 0.1) is 0 Å². The molecule has 76 heavy (non-hydrogen) atoms. The Morgan fingerprint density at radius 1 is 0.276 bits per heavy atom. The van der Waals surface area contributed by atoms with Crippen LogP contribution in [-0.2, 0) is 28.6 Å². The first-order chi connectivity index (χ1) is 37.5. The molecular formula is C70H122O6. The number of ether oxygens (including phenoxy) is 3. The summed E-state index contributed by atoms with van der Waals surface area (Å²) in [6.07, 6.45) is 85.1. The standard InChI is InChI=1S/C70H122O6/c1-4-7-10-13-16-19-22-24-25-26-27-28-29-30-31-32-33-34-35-36-37-38-39-40-41-42-43-44-45-47-48-51-54-57-60-63-69(72)75-66-67(65-74-68(71)62-59-56-53-50-21-18-15-12-9-6-3)76-70(73)64-61-58-55-52-49-46-23-20-17-14-11-8-5-2/h8,11-12,15,17,20,22,24,26-27,46,49,55,58,67H,4-7,9-10,13-14,16,18-19,21,23,25,28-45,47-48,50-54,56-57,59-66H2,1-3H3/b11-8-,15-12-,20-17-,24-22-,27-26-,49-46-,58-55-. The van der Waals surface area contributed by atoms with Gasteiger partial charge in [-0.2, -0.15) is 0 Å². The lowest BCUT2D eigenvalue weighted by Crippen LogP contribution is -2.30. The largest absolute Gasteiger partial charge is 0.462 e. The van der Waals surface area contributed by atoms with Crippen molar-refractivity contribution in [1.82, 2.24) is 0 Å². The SMILES string of the molecule is CC/C=C\C/C=C\C/C=C\C/C=C\CCC(=O)OC(COC(=O)CCCCCCC/C=C\CCC)COC(=O)CCCCCCCCCCCCCCCCCCCCCCCCC/C=C\C/C=C\CCCCCCC. The molecule has 0 heterocycles. The van der Waals surface area contributed by atoms with E-state index in [9.17, 15) is 14.4 Å². The summed E-state index contributed by atoms with van der Waals surface area (Å²) in [5, 5.41) is 0. The summed E-state index contributed by atoms with van der Waals surface area (Å²) in [5.41, 5.74) is 0. The highest BCUT2D eigenvalue weighted by Gasteiger charge is 2.19. The van der Waals surface area contributed by atoms with E-state index in [1.807, 2.05) is 12.2 Å². The van der Waals surface area contributed by atoms with Crippen molar-refractivity contribution < 1.29 is 28.6 Å². The molecule has 0 rings (SSSR count). The summed E-state index contributed by atoms with van der Waals surface area (Å²) in [7, 11) is 0. The number of hydrogen-bond acceptors (Lipinski definition) is 6. The Bertz CT molecular complexity index is 1450. The molecule has 6 nitrogen and oxygen atoms in total. The molecule has 0 amide bonds. The van der Waals surface area contributed by atoms with Crippen LogP contribution in [0.5, 0.6) is 0 Å². The van der Waals surface area contributed by atoms with E-state index in [4.69, 9.17) is 14.2 Å². The predicted octanol–water partition coefficient (Wildman–Crippen LogP) is 22.3. The summed E-state index contributed by atoms with van der Waals surface area (Å²) in [4.78, 5) is 38.0. The number of hydrogen-bond donors (Lipinski definition) is 0. The second-order valence-electron chi connectivity index (χ2n) is 21.6. The number of esters is 3. The van der Waals surface area contributed by atoms with Crippen LogP contribution in [0.2, 0.25) is 0 Å². The molecule has 0 fully saturated rings. The Kier molecular flexibility index (Phi) is 61.2. The van der Waals surface area contributed by atoms with Gasteiger partial charge in [0.1, 0.15) is 13.2 Å². The second kappa shape index (κ2) is 64.1. The molecule has 0 aromatic carbocycles. The van der Waals surface area contributed by atoms with Crippen LogP contribution in [0.4, 0.5) is 0 Å². The monoisotopic (exact) mass is 1060 g/mol. The normalized spacial score (nSPS) is 12.6. The molecule has 1 unspecified atom stereocenters. The van der Waals surface area contributed by atoms with Gasteiger partial charge in [-0.15, -0.1) is 0 Å². The Morgan fingerprint density at radius 2 is 0.566 bits per heavy atom. The highest BCUT2D eigenvalue weighted by Crippen LogP contribution is 2.17. The lowest BCUT2D eigenvalue weighted by Gasteiger charge is -2.18. The van der Waals surface area contributed by atoms with E-state index in [-0.39, 0.29) is 37.5 Å². The fourth-order valence-electron chi connectivity index (χ4n) is 9.26. The van der Waals surface area contributed by atoms with Gasteiger partial charge >= 0.3 is 17.9 Å². The fraction of sp³-hybridized carbons (Fsp3) is 0.757. The Labute approximate surface area is 471 Å². The lowest BCUT2D eigenvalue weighted by atomic mass is 10.0. The zero-order valence-electron chi connectivity index (χ0n) is 50.3. The van der Waals surface area contributed by atoms with Crippen molar-refractivity contribution in [2.24, 2.45) is 0 Å². The van der Waals surface area contributed by atoms with Gasteiger partial charge in [-0.3, -0.25) is 14.4 Å². The van der Waals surface area contributed by atoms with Gasteiger partial charge in [0.25, 0.3) is 0 Å². The van der Waals surface area contributed by atoms with E-state index in [1.54, 1.807) is 0 Å². The van der Waals surface area contributed by atoms with Crippen LogP contribution >= 0.6 is 0 Å². The first-order valence-corrected chi connectivity index (χ1v) is 32.6. The third kappa shape index (κ3) is 61.4. The number of carbonyl (C=O) groups is 3. The molecule has 0 aliphatic rings. The molecule has 0 aliphatic heterocycles. The highest BCUT2D eigenvalue weighted by molar-refractivity contribution is 5.71. The minimum Gasteiger partial charge on any atom is -0.462 e. The fourth-order valence-corrected chi connectivity index (χ4v) is 9.26. The number of rotatable bonds is 59. The molecular weight excluding hydrogens is 937 g/mol. The van der Waals surface area contributed by atoms with Gasteiger partial charge in [-0.25, -0.2) is 0 Å². The Hall–Kier alpha value is -3.41. The van der Waals surface area contributed by atoms with Gasteiger partial charge in [-0.05, 0) is 96.3 Å². The minimum absolute atomic E-state index is 0.105. The summed E-state index contributed by atoms with van der Waals surface area (Å²) < 4.78 is 16.8. The molecule has 0 radical (unpaired) electrons. The van der Waals surface area contributed by atoms with Crippen LogP contribution in [0, 0.1) is 0 Å². The molecule has 0 saturated heterocycles. The minimum atomic E-state index is -0.815. The second-order valence-corrected chi connectivity index (χ2v) is 21.6. The third-order valence-corrected chi connectivity index (χ3v) is 14.1. The first kappa shape index (κ1) is 72.6. The average molecular weight is 1060 g/mol. The van der Waals surface area contributed by atoms with Gasteiger partial charge in [0.15, 0.2) is 6.10 Å². The molecule has 1 atom stereocenters.